The molecule has 16 heavy (non-hydrogen) atoms. The maximum Gasteiger partial charge on any atom is 0.254 e. The fourth-order valence-corrected chi connectivity index (χ4v) is 1.97. The summed E-state index contributed by atoms with van der Waals surface area (Å²) in [6.45, 7) is 1.98. The first-order valence-corrected chi connectivity index (χ1v) is 5.63. The molecule has 4 nitrogen and oxygen atoms in total. The molecule has 2 fully saturated rings. The maximum absolute atomic E-state index is 11.2. The van der Waals surface area contributed by atoms with E-state index >= 15 is 0 Å². The molecule has 1 amide bonds. The minimum absolute atomic E-state index is 0.189. The van der Waals surface area contributed by atoms with E-state index in [9.17, 15) is 9.90 Å². The van der Waals surface area contributed by atoms with Gasteiger partial charge in [0, 0.05) is 6.42 Å². The van der Waals surface area contributed by atoms with Crippen molar-refractivity contribution in [2.45, 2.75) is 44.1 Å². The number of ether oxygens (including phenoxy) is 1. The standard InChI is InChI=1S/C12H17NO3/c1-2-3-4-5-6-7-8-12(15)10-9(16-10)11(14)13-12/h2-3,5-6,9-10,15H,4,7-8H2,1H3,(H,13,14)/b3-2+,6-5+. The van der Waals surface area contributed by atoms with E-state index in [1.54, 1.807) is 0 Å². The van der Waals surface area contributed by atoms with Gasteiger partial charge in [-0.1, -0.05) is 24.3 Å². The number of carbonyl (C=O) groups is 1. The van der Waals surface area contributed by atoms with Gasteiger partial charge in [0.2, 0.25) is 0 Å². The smallest absolute Gasteiger partial charge is 0.254 e. The first kappa shape index (κ1) is 11.4. The van der Waals surface area contributed by atoms with E-state index in [1.807, 2.05) is 25.2 Å². The molecule has 4 heteroatoms. The van der Waals surface area contributed by atoms with Crippen LogP contribution < -0.4 is 5.32 Å². The van der Waals surface area contributed by atoms with Crippen LogP contribution in [0.2, 0.25) is 0 Å². The Morgan fingerprint density at radius 2 is 2.31 bits per heavy atom. The van der Waals surface area contributed by atoms with Crippen molar-refractivity contribution in [2.24, 2.45) is 0 Å². The average Bonchev–Trinajstić information content (AvgIpc) is 2.99. The van der Waals surface area contributed by atoms with Crippen molar-refractivity contribution in [1.29, 1.82) is 0 Å². The van der Waals surface area contributed by atoms with Crippen LogP contribution in [0.5, 0.6) is 0 Å². The average molecular weight is 223 g/mol. The molecule has 0 spiro atoms. The number of allylic oxidation sites excluding steroid dienone is 4. The molecule has 0 aliphatic carbocycles. The lowest BCUT2D eigenvalue weighted by molar-refractivity contribution is -0.129. The predicted molar refractivity (Wildman–Crippen MR) is 59.6 cm³/mol. The van der Waals surface area contributed by atoms with Crippen molar-refractivity contribution in [3.05, 3.63) is 24.3 Å². The summed E-state index contributed by atoms with van der Waals surface area (Å²) in [5.41, 5.74) is -1.15. The molecule has 2 aliphatic rings. The number of morpholine rings is 1. The fourth-order valence-electron chi connectivity index (χ4n) is 1.97. The lowest BCUT2D eigenvalue weighted by atomic mass is 10.0. The van der Waals surface area contributed by atoms with Crippen LogP contribution in [-0.2, 0) is 9.53 Å². The highest BCUT2D eigenvalue weighted by molar-refractivity contribution is 5.88. The third-order valence-corrected chi connectivity index (χ3v) is 2.93. The van der Waals surface area contributed by atoms with Crippen LogP contribution in [0.1, 0.15) is 26.2 Å². The molecule has 0 aromatic carbocycles. The number of fused-ring (bicyclic) bond motifs is 1. The van der Waals surface area contributed by atoms with Gasteiger partial charge in [0.05, 0.1) is 0 Å². The summed E-state index contributed by atoms with van der Waals surface area (Å²) >= 11 is 0. The maximum atomic E-state index is 11.2. The fraction of sp³-hybridized carbons (Fsp3) is 0.583. The zero-order valence-electron chi connectivity index (χ0n) is 9.35. The molecule has 2 saturated heterocycles. The Hall–Kier alpha value is -1.13. The molecule has 0 radical (unpaired) electrons. The number of hydrogen-bond acceptors (Lipinski definition) is 3. The van der Waals surface area contributed by atoms with Gasteiger partial charge in [-0.25, -0.2) is 0 Å². The molecule has 2 aliphatic heterocycles. The summed E-state index contributed by atoms with van der Waals surface area (Å²) in [7, 11) is 0. The van der Waals surface area contributed by atoms with Crippen molar-refractivity contribution < 1.29 is 14.6 Å². The van der Waals surface area contributed by atoms with E-state index < -0.39 is 11.8 Å². The third-order valence-electron chi connectivity index (χ3n) is 2.93. The number of rotatable bonds is 5. The van der Waals surface area contributed by atoms with Gasteiger partial charge in [0.25, 0.3) is 5.91 Å². The van der Waals surface area contributed by atoms with Crippen LogP contribution in [0.3, 0.4) is 0 Å². The number of aliphatic hydroxyl groups is 1. The number of hydrogen-bond donors (Lipinski definition) is 2. The molecule has 2 N–H and O–H groups in total. The van der Waals surface area contributed by atoms with Gasteiger partial charge in [0.1, 0.15) is 6.10 Å². The molecular formula is C12H17NO3. The molecule has 88 valence electrons. The Balaban J connectivity index is 1.74. The summed E-state index contributed by atoms with van der Waals surface area (Å²) in [5, 5.41) is 12.6. The SMILES string of the molecule is C/C=C/C/C=C/CCC1(O)NC(=O)C2OC21. The minimum Gasteiger partial charge on any atom is -0.368 e. The lowest BCUT2D eigenvalue weighted by Crippen LogP contribution is -2.47. The van der Waals surface area contributed by atoms with Gasteiger partial charge in [-0.05, 0) is 19.8 Å². The van der Waals surface area contributed by atoms with Gasteiger partial charge in [-0.2, -0.15) is 0 Å². The lowest BCUT2D eigenvalue weighted by Gasteiger charge is -2.22. The van der Waals surface area contributed by atoms with Crippen LogP contribution in [0.15, 0.2) is 24.3 Å². The van der Waals surface area contributed by atoms with Crippen LogP contribution in [0.4, 0.5) is 0 Å². The van der Waals surface area contributed by atoms with E-state index in [1.165, 1.54) is 0 Å². The highest BCUT2D eigenvalue weighted by atomic mass is 16.6. The molecule has 2 rings (SSSR count). The van der Waals surface area contributed by atoms with E-state index in [0.29, 0.717) is 6.42 Å². The second kappa shape index (κ2) is 4.39. The van der Waals surface area contributed by atoms with E-state index in [4.69, 9.17) is 4.74 Å². The Bertz CT molecular complexity index is 337. The third kappa shape index (κ3) is 2.18. The van der Waals surface area contributed by atoms with Gasteiger partial charge < -0.3 is 15.2 Å². The first-order valence-electron chi connectivity index (χ1n) is 5.63. The second-order valence-electron chi connectivity index (χ2n) is 4.21. The van der Waals surface area contributed by atoms with Crippen molar-refractivity contribution in [1.82, 2.24) is 5.32 Å². The van der Waals surface area contributed by atoms with Crippen LogP contribution in [0.25, 0.3) is 0 Å². The monoisotopic (exact) mass is 223 g/mol. The van der Waals surface area contributed by atoms with Crippen LogP contribution in [0, 0.1) is 0 Å². The van der Waals surface area contributed by atoms with Gasteiger partial charge >= 0.3 is 0 Å². The Morgan fingerprint density at radius 3 is 2.88 bits per heavy atom. The molecule has 3 atom stereocenters. The first-order chi connectivity index (χ1) is 7.67. The molecule has 3 unspecified atom stereocenters. The highest BCUT2D eigenvalue weighted by Crippen LogP contribution is 2.39. The van der Waals surface area contributed by atoms with E-state index in [0.717, 1.165) is 12.8 Å². The molecule has 0 bridgehead atoms. The topological polar surface area (TPSA) is 61.9 Å². The number of epoxide rings is 1. The van der Waals surface area contributed by atoms with Gasteiger partial charge in [-0.15, -0.1) is 0 Å². The van der Waals surface area contributed by atoms with Crippen LogP contribution >= 0.6 is 0 Å². The van der Waals surface area contributed by atoms with E-state index in [2.05, 4.69) is 11.4 Å². The number of amides is 1. The zero-order valence-corrected chi connectivity index (χ0v) is 9.35. The number of carbonyl (C=O) groups excluding carboxylic acids is 1. The molecule has 0 aromatic heterocycles. The summed E-state index contributed by atoms with van der Waals surface area (Å²) in [4.78, 5) is 11.2. The van der Waals surface area contributed by atoms with Crippen molar-refractivity contribution in [3.8, 4) is 0 Å². The normalized spacial score (nSPS) is 37.0. The second-order valence-corrected chi connectivity index (χ2v) is 4.21. The van der Waals surface area contributed by atoms with Crippen LogP contribution in [-0.4, -0.2) is 28.9 Å². The zero-order chi connectivity index (χ0) is 11.6. The summed E-state index contributed by atoms with van der Waals surface area (Å²) < 4.78 is 5.08. The Morgan fingerprint density at radius 1 is 1.50 bits per heavy atom. The Labute approximate surface area is 95.0 Å². The predicted octanol–water partition coefficient (Wildman–Crippen LogP) is 0.875. The largest absolute Gasteiger partial charge is 0.368 e. The van der Waals surface area contributed by atoms with E-state index in [-0.39, 0.29) is 12.0 Å². The number of nitrogens with one attached hydrogen (secondary N) is 1. The Kier molecular flexibility index (Phi) is 3.12. The van der Waals surface area contributed by atoms with Crippen molar-refractivity contribution >= 4 is 5.91 Å². The molecule has 0 aromatic rings. The minimum atomic E-state index is -1.15. The van der Waals surface area contributed by atoms with Crippen molar-refractivity contribution in [3.63, 3.8) is 0 Å². The summed E-state index contributed by atoms with van der Waals surface area (Å²) in [5.74, 6) is -0.189. The van der Waals surface area contributed by atoms with Gasteiger partial charge in [-0.3, -0.25) is 4.79 Å². The highest BCUT2D eigenvalue weighted by Gasteiger charge is 2.64. The molecule has 0 saturated carbocycles. The summed E-state index contributed by atoms with van der Waals surface area (Å²) in [6.07, 6.45) is 9.53. The van der Waals surface area contributed by atoms with Gasteiger partial charge in [0.15, 0.2) is 11.8 Å². The summed E-state index contributed by atoms with van der Waals surface area (Å²) in [6, 6.07) is 0. The quantitative estimate of drug-likeness (QED) is 0.537. The molecule has 2 heterocycles. The van der Waals surface area contributed by atoms with Crippen molar-refractivity contribution in [2.75, 3.05) is 0 Å². The molecular weight excluding hydrogens is 206 g/mol.